The zero-order valence-corrected chi connectivity index (χ0v) is 13.1. The Morgan fingerprint density at radius 1 is 1.35 bits per heavy atom. The van der Waals surface area contributed by atoms with Crippen molar-refractivity contribution in [3.63, 3.8) is 0 Å². The molecule has 3 unspecified atom stereocenters. The minimum Gasteiger partial charge on any atom is -0.496 e. The van der Waals surface area contributed by atoms with Crippen molar-refractivity contribution < 1.29 is 9.84 Å². The van der Waals surface area contributed by atoms with Crippen LogP contribution in [0, 0.1) is 5.92 Å². The van der Waals surface area contributed by atoms with Gasteiger partial charge >= 0.3 is 0 Å². The summed E-state index contributed by atoms with van der Waals surface area (Å²) in [6, 6.07) is 6.57. The lowest BCUT2D eigenvalue weighted by Crippen LogP contribution is -2.36. The topological polar surface area (TPSA) is 32.7 Å². The number of methoxy groups -OCH3 is 1. The van der Waals surface area contributed by atoms with Crippen LogP contribution in [0.25, 0.3) is 0 Å². The molecule has 1 aliphatic rings. The molecule has 0 heterocycles. The Kier molecular flexibility index (Phi) is 4.92. The minimum atomic E-state index is -0.524. The highest BCUT2D eigenvalue weighted by Gasteiger charge is 2.25. The monoisotopic (exact) mass is 277 g/mol. The number of ether oxygens (including phenoxy) is 1. The zero-order valence-electron chi connectivity index (χ0n) is 13.1. The second kappa shape index (κ2) is 6.49. The van der Waals surface area contributed by atoms with Crippen LogP contribution in [0.15, 0.2) is 18.2 Å². The molecule has 112 valence electrons. The summed E-state index contributed by atoms with van der Waals surface area (Å²) in [5, 5.41) is 10.1. The third kappa shape index (κ3) is 3.09. The van der Waals surface area contributed by atoms with Crippen molar-refractivity contribution in [2.24, 2.45) is 5.92 Å². The zero-order chi connectivity index (χ0) is 14.7. The van der Waals surface area contributed by atoms with E-state index < -0.39 is 6.10 Å². The summed E-state index contributed by atoms with van der Waals surface area (Å²) >= 11 is 0. The Morgan fingerprint density at radius 2 is 2.10 bits per heavy atom. The third-order valence-corrected chi connectivity index (χ3v) is 4.52. The van der Waals surface area contributed by atoms with E-state index in [0.717, 1.165) is 22.9 Å². The normalized spacial score (nSPS) is 24.2. The van der Waals surface area contributed by atoms with E-state index in [-0.39, 0.29) is 0 Å². The van der Waals surface area contributed by atoms with Crippen molar-refractivity contribution in [1.82, 2.24) is 0 Å². The first-order valence-electron chi connectivity index (χ1n) is 7.62. The third-order valence-electron chi connectivity index (χ3n) is 4.52. The molecule has 3 heteroatoms. The summed E-state index contributed by atoms with van der Waals surface area (Å²) in [6.07, 6.45) is 4.57. The van der Waals surface area contributed by atoms with Gasteiger partial charge < -0.3 is 14.7 Å². The second-order valence-electron chi connectivity index (χ2n) is 6.11. The smallest absolute Gasteiger partial charge is 0.126 e. The van der Waals surface area contributed by atoms with Crippen molar-refractivity contribution in [2.45, 2.75) is 51.7 Å². The Hall–Kier alpha value is -1.22. The average molecular weight is 277 g/mol. The molecule has 0 amide bonds. The lowest BCUT2D eigenvalue weighted by Gasteiger charge is -2.37. The summed E-state index contributed by atoms with van der Waals surface area (Å²) in [5.74, 6) is 1.56. The number of anilines is 1. The van der Waals surface area contributed by atoms with Crippen molar-refractivity contribution in [3.8, 4) is 5.75 Å². The van der Waals surface area contributed by atoms with Crippen LogP contribution in [-0.4, -0.2) is 25.3 Å². The first-order chi connectivity index (χ1) is 9.54. The van der Waals surface area contributed by atoms with E-state index in [0.29, 0.717) is 6.04 Å². The van der Waals surface area contributed by atoms with Gasteiger partial charge in [-0.05, 0) is 37.8 Å². The van der Waals surface area contributed by atoms with Gasteiger partial charge in [-0.3, -0.25) is 0 Å². The molecule has 0 saturated heterocycles. The fraction of sp³-hybridized carbons (Fsp3) is 0.647. The van der Waals surface area contributed by atoms with Crippen molar-refractivity contribution in [3.05, 3.63) is 23.8 Å². The Labute approximate surface area is 122 Å². The number of hydrogen-bond acceptors (Lipinski definition) is 3. The van der Waals surface area contributed by atoms with Crippen LogP contribution in [0.4, 0.5) is 5.69 Å². The largest absolute Gasteiger partial charge is 0.496 e. The quantitative estimate of drug-likeness (QED) is 0.909. The fourth-order valence-electron chi connectivity index (χ4n) is 3.39. The van der Waals surface area contributed by atoms with Gasteiger partial charge in [0.15, 0.2) is 0 Å². The first kappa shape index (κ1) is 15.2. The predicted molar refractivity (Wildman–Crippen MR) is 83.5 cm³/mol. The highest BCUT2D eigenvalue weighted by molar-refractivity contribution is 5.60. The molecule has 3 nitrogen and oxygen atoms in total. The van der Waals surface area contributed by atoms with E-state index in [1.807, 2.05) is 12.1 Å². The molecule has 3 atom stereocenters. The van der Waals surface area contributed by atoms with Crippen LogP contribution in [0.2, 0.25) is 0 Å². The van der Waals surface area contributed by atoms with Crippen LogP contribution in [0.1, 0.15) is 51.2 Å². The number of aliphatic hydroxyl groups excluding tert-OH is 1. The predicted octanol–water partition coefficient (Wildman–Crippen LogP) is 3.76. The van der Waals surface area contributed by atoms with E-state index >= 15 is 0 Å². The lowest BCUT2D eigenvalue weighted by molar-refractivity contribution is 0.194. The molecule has 1 aromatic rings. The number of rotatable bonds is 4. The fourth-order valence-corrected chi connectivity index (χ4v) is 3.39. The summed E-state index contributed by atoms with van der Waals surface area (Å²) in [6.45, 7) is 4.14. The molecular formula is C17H27NO2. The highest BCUT2D eigenvalue weighted by Crippen LogP contribution is 2.37. The van der Waals surface area contributed by atoms with Gasteiger partial charge in [0.1, 0.15) is 5.75 Å². The van der Waals surface area contributed by atoms with E-state index in [1.54, 1.807) is 14.0 Å². The summed E-state index contributed by atoms with van der Waals surface area (Å²) in [4.78, 5) is 2.33. The Balaban J connectivity index is 2.31. The molecule has 0 radical (unpaired) electrons. The number of aliphatic hydroxyl groups is 1. The van der Waals surface area contributed by atoms with Crippen LogP contribution in [0.5, 0.6) is 5.75 Å². The van der Waals surface area contributed by atoms with Gasteiger partial charge in [-0.15, -0.1) is 0 Å². The van der Waals surface area contributed by atoms with Crippen molar-refractivity contribution in [2.75, 3.05) is 19.1 Å². The molecule has 0 bridgehead atoms. The summed E-state index contributed by atoms with van der Waals surface area (Å²) < 4.78 is 5.42. The summed E-state index contributed by atoms with van der Waals surface area (Å²) in [7, 11) is 3.80. The van der Waals surface area contributed by atoms with Gasteiger partial charge in [0.2, 0.25) is 0 Å². The number of nitrogens with zero attached hydrogens (tertiary/aromatic N) is 1. The van der Waals surface area contributed by atoms with Gasteiger partial charge in [-0.1, -0.05) is 25.8 Å². The van der Waals surface area contributed by atoms with Crippen LogP contribution in [0.3, 0.4) is 0 Å². The highest BCUT2D eigenvalue weighted by atomic mass is 16.5. The second-order valence-corrected chi connectivity index (χ2v) is 6.11. The molecule has 20 heavy (non-hydrogen) atoms. The molecule has 0 spiro atoms. The van der Waals surface area contributed by atoms with Crippen molar-refractivity contribution >= 4 is 5.69 Å². The van der Waals surface area contributed by atoms with Gasteiger partial charge in [0.05, 0.1) is 13.2 Å². The number of benzene rings is 1. The van der Waals surface area contributed by atoms with Crippen molar-refractivity contribution in [1.29, 1.82) is 0 Å². The summed E-state index contributed by atoms with van der Waals surface area (Å²) in [5.41, 5.74) is 1.99. The molecule has 1 aromatic carbocycles. The Morgan fingerprint density at radius 3 is 2.70 bits per heavy atom. The molecule has 2 rings (SSSR count). The van der Waals surface area contributed by atoms with Crippen LogP contribution < -0.4 is 9.64 Å². The maximum atomic E-state index is 10.1. The molecule has 1 N–H and O–H groups in total. The molecule has 1 saturated carbocycles. The van der Waals surface area contributed by atoms with E-state index in [2.05, 4.69) is 24.9 Å². The van der Waals surface area contributed by atoms with Crippen LogP contribution >= 0.6 is 0 Å². The van der Waals surface area contributed by atoms with Crippen LogP contribution in [-0.2, 0) is 0 Å². The van der Waals surface area contributed by atoms with Gasteiger partial charge in [0, 0.05) is 24.3 Å². The first-order valence-corrected chi connectivity index (χ1v) is 7.62. The van der Waals surface area contributed by atoms with Gasteiger partial charge in [0.25, 0.3) is 0 Å². The maximum Gasteiger partial charge on any atom is 0.126 e. The van der Waals surface area contributed by atoms with E-state index in [4.69, 9.17) is 4.74 Å². The maximum absolute atomic E-state index is 10.1. The van der Waals surface area contributed by atoms with E-state index in [1.165, 1.54) is 25.7 Å². The SMILES string of the molecule is COc1cccc(N(C)C2CCCC(C)C2)c1C(C)O. The minimum absolute atomic E-state index is 0.524. The number of hydrogen-bond donors (Lipinski definition) is 1. The molecule has 1 fully saturated rings. The lowest BCUT2D eigenvalue weighted by atomic mass is 9.86. The van der Waals surface area contributed by atoms with Gasteiger partial charge in [-0.2, -0.15) is 0 Å². The average Bonchev–Trinajstić information content (AvgIpc) is 2.45. The molecule has 0 aliphatic heterocycles. The standard InChI is InChI=1S/C17H27NO2/c1-12-7-5-8-14(11-12)18(3)15-9-6-10-16(20-4)17(15)13(2)19/h6,9-10,12-14,19H,5,7-8,11H2,1-4H3. The van der Waals surface area contributed by atoms with E-state index in [9.17, 15) is 5.11 Å². The Bertz CT molecular complexity index is 445. The molecule has 0 aromatic heterocycles. The molecular weight excluding hydrogens is 250 g/mol. The molecule has 1 aliphatic carbocycles. The van der Waals surface area contributed by atoms with Gasteiger partial charge in [-0.25, -0.2) is 0 Å².